The number of hydrogen-bond donors (Lipinski definition) is 0. The molecule has 14 heavy (non-hydrogen) atoms. The van der Waals surface area contributed by atoms with Gasteiger partial charge < -0.3 is 9.47 Å². The molecule has 2 heteroatoms. The van der Waals surface area contributed by atoms with Gasteiger partial charge >= 0.3 is 0 Å². The minimum Gasteiger partial charge on any atom is -0.381 e. The Kier molecular flexibility index (Phi) is 2.67. The number of fused-ring (bicyclic) bond motifs is 1. The summed E-state index contributed by atoms with van der Waals surface area (Å²) < 4.78 is 11.4. The third kappa shape index (κ3) is 2.01. The normalized spacial score (nSPS) is 40.6. The SMILES string of the molecule is COC1CCC2C=CC(C)(C)OC2C1. The van der Waals surface area contributed by atoms with Crippen LogP contribution in [0.2, 0.25) is 0 Å². The Labute approximate surface area is 86.3 Å². The summed E-state index contributed by atoms with van der Waals surface area (Å²) in [5.41, 5.74) is -0.0865. The van der Waals surface area contributed by atoms with Gasteiger partial charge in [0.25, 0.3) is 0 Å². The number of methoxy groups -OCH3 is 1. The van der Waals surface area contributed by atoms with Crippen molar-refractivity contribution >= 4 is 0 Å². The summed E-state index contributed by atoms with van der Waals surface area (Å²) in [6.07, 6.45) is 8.73. The fraction of sp³-hybridized carbons (Fsp3) is 0.833. The van der Waals surface area contributed by atoms with Gasteiger partial charge in [-0.1, -0.05) is 12.2 Å². The Morgan fingerprint density at radius 2 is 2.14 bits per heavy atom. The van der Waals surface area contributed by atoms with Crippen molar-refractivity contribution in [3.63, 3.8) is 0 Å². The van der Waals surface area contributed by atoms with E-state index >= 15 is 0 Å². The predicted molar refractivity (Wildman–Crippen MR) is 56.2 cm³/mol. The van der Waals surface area contributed by atoms with Gasteiger partial charge in [0.1, 0.15) is 0 Å². The van der Waals surface area contributed by atoms with E-state index in [1.165, 1.54) is 12.8 Å². The van der Waals surface area contributed by atoms with Gasteiger partial charge in [-0.25, -0.2) is 0 Å². The summed E-state index contributed by atoms with van der Waals surface area (Å²) in [7, 11) is 1.80. The Morgan fingerprint density at radius 3 is 2.86 bits per heavy atom. The highest BCUT2D eigenvalue weighted by Gasteiger charge is 2.36. The summed E-state index contributed by atoms with van der Waals surface area (Å²) in [5.74, 6) is 0.620. The molecule has 2 rings (SSSR count). The zero-order valence-electron chi connectivity index (χ0n) is 9.32. The van der Waals surface area contributed by atoms with Crippen molar-refractivity contribution in [2.45, 2.75) is 50.9 Å². The van der Waals surface area contributed by atoms with Crippen LogP contribution in [0, 0.1) is 5.92 Å². The molecule has 0 N–H and O–H groups in total. The van der Waals surface area contributed by atoms with Gasteiger partial charge in [-0.2, -0.15) is 0 Å². The van der Waals surface area contributed by atoms with E-state index in [0.717, 1.165) is 6.42 Å². The number of ether oxygens (including phenoxy) is 2. The first-order valence-corrected chi connectivity index (χ1v) is 5.51. The topological polar surface area (TPSA) is 18.5 Å². The van der Waals surface area contributed by atoms with E-state index in [9.17, 15) is 0 Å². The Morgan fingerprint density at radius 1 is 1.36 bits per heavy atom. The van der Waals surface area contributed by atoms with E-state index in [4.69, 9.17) is 9.47 Å². The van der Waals surface area contributed by atoms with Crippen LogP contribution in [0.4, 0.5) is 0 Å². The van der Waals surface area contributed by atoms with E-state index in [1.54, 1.807) is 7.11 Å². The second kappa shape index (κ2) is 3.67. The van der Waals surface area contributed by atoms with Gasteiger partial charge in [-0.3, -0.25) is 0 Å². The molecule has 80 valence electrons. The van der Waals surface area contributed by atoms with Crippen molar-refractivity contribution in [3.05, 3.63) is 12.2 Å². The molecule has 1 saturated carbocycles. The van der Waals surface area contributed by atoms with Crippen molar-refractivity contribution in [1.82, 2.24) is 0 Å². The largest absolute Gasteiger partial charge is 0.381 e. The summed E-state index contributed by atoms with van der Waals surface area (Å²) in [5, 5.41) is 0. The summed E-state index contributed by atoms with van der Waals surface area (Å²) in [6, 6.07) is 0. The quantitative estimate of drug-likeness (QED) is 0.600. The molecule has 1 fully saturated rings. The van der Waals surface area contributed by atoms with Crippen LogP contribution in [0.15, 0.2) is 12.2 Å². The monoisotopic (exact) mass is 196 g/mol. The third-order valence-electron chi connectivity index (χ3n) is 3.33. The van der Waals surface area contributed by atoms with Crippen LogP contribution in [0.1, 0.15) is 33.1 Å². The van der Waals surface area contributed by atoms with Crippen LogP contribution in [0.3, 0.4) is 0 Å². The maximum Gasteiger partial charge on any atom is 0.0810 e. The van der Waals surface area contributed by atoms with E-state index in [0.29, 0.717) is 18.1 Å². The zero-order chi connectivity index (χ0) is 10.2. The Hall–Kier alpha value is -0.340. The third-order valence-corrected chi connectivity index (χ3v) is 3.33. The Balaban J connectivity index is 2.05. The molecule has 3 atom stereocenters. The van der Waals surface area contributed by atoms with Gasteiger partial charge in [0.05, 0.1) is 17.8 Å². The van der Waals surface area contributed by atoms with Crippen LogP contribution in [0.5, 0.6) is 0 Å². The van der Waals surface area contributed by atoms with Crippen molar-refractivity contribution in [2.75, 3.05) is 7.11 Å². The molecule has 3 unspecified atom stereocenters. The zero-order valence-corrected chi connectivity index (χ0v) is 9.32. The molecule has 0 radical (unpaired) electrons. The lowest BCUT2D eigenvalue weighted by atomic mass is 9.81. The summed E-state index contributed by atoms with van der Waals surface area (Å²) >= 11 is 0. The van der Waals surface area contributed by atoms with E-state index in [1.807, 2.05) is 0 Å². The molecule has 0 bridgehead atoms. The molecule has 0 spiro atoms. The minimum atomic E-state index is -0.0865. The fourth-order valence-electron chi connectivity index (χ4n) is 2.47. The van der Waals surface area contributed by atoms with Crippen LogP contribution in [-0.4, -0.2) is 24.9 Å². The standard InChI is InChI=1S/C12H20O2/c1-12(2)7-6-9-4-5-10(13-3)8-11(9)14-12/h6-7,9-11H,4-5,8H2,1-3H3. The Bertz CT molecular complexity index is 232. The summed E-state index contributed by atoms with van der Waals surface area (Å²) in [6.45, 7) is 4.24. The highest BCUT2D eigenvalue weighted by Crippen LogP contribution is 2.36. The van der Waals surface area contributed by atoms with Crippen molar-refractivity contribution < 1.29 is 9.47 Å². The molecule has 0 aromatic heterocycles. The molecule has 1 heterocycles. The molecule has 0 aromatic rings. The fourth-order valence-corrected chi connectivity index (χ4v) is 2.47. The number of hydrogen-bond acceptors (Lipinski definition) is 2. The highest BCUT2D eigenvalue weighted by molar-refractivity contribution is 5.08. The van der Waals surface area contributed by atoms with Crippen molar-refractivity contribution in [2.24, 2.45) is 5.92 Å². The van der Waals surface area contributed by atoms with Gasteiger partial charge in [-0.05, 0) is 26.7 Å². The van der Waals surface area contributed by atoms with E-state index in [2.05, 4.69) is 26.0 Å². The van der Waals surface area contributed by atoms with Crippen LogP contribution < -0.4 is 0 Å². The molecule has 0 amide bonds. The molecule has 0 saturated heterocycles. The van der Waals surface area contributed by atoms with Crippen LogP contribution in [-0.2, 0) is 9.47 Å². The van der Waals surface area contributed by atoms with E-state index in [-0.39, 0.29) is 5.60 Å². The van der Waals surface area contributed by atoms with Crippen LogP contribution in [0.25, 0.3) is 0 Å². The van der Waals surface area contributed by atoms with Crippen LogP contribution >= 0.6 is 0 Å². The second-order valence-electron chi connectivity index (χ2n) is 4.95. The summed E-state index contributed by atoms with van der Waals surface area (Å²) in [4.78, 5) is 0. The predicted octanol–water partition coefficient (Wildman–Crippen LogP) is 2.54. The molecule has 1 aliphatic carbocycles. The average Bonchev–Trinajstić information content (AvgIpc) is 2.15. The number of rotatable bonds is 1. The first kappa shape index (κ1) is 10.2. The first-order valence-electron chi connectivity index (χ1n) is 5.51. The lowest BCUT2D eigenvalue weighted by Gasteiger charge is -2.41. The average molecular weight is 196 g/mol. The molecular formula is C12H20O2. The van der Waals surface area contributed by atoms with E-state index < -0.39 is 0 Å². The highest BCUT2D eigenvalue weighted by atomic mass is 16.5. The van der Waals surface area contributed by atoms with Crippen molar-refractivity contribution in [3.8, 4) is 0 Å². The van der Waals surface area contributed by atoms with Crippen molar-refractivity contribution in [1.29, 1.82) is 0 Å². The molecule has 1 aliphatic heterocycles. The van der Waals surface area contributed by atoms with Gasteiger partial charge in [-0.15, -0.1) is 0 Å². The maximum absolute atomic E-state index is 6.04. The smallest absolute Gasteiger partial charge is 0.0810 e. The minimum absolute atomic E-state index is 0.0865. The lowest BCUT2D eigenvalue weighted by molar-refractivity contribution is -0.110. The lowest BCUT2D eigenvalue weighted by Crippen LogP contribution is -2.42. The molecule has 2 aliphatic rings. The maximum atomic E-state index is 6.04. The molecule has 2 nitrogen and oxygen atoms in total. The molecular weight excluding hydrogens is 176 g/mol. The van der Waals surface area contributed by atoms with Gasteiger partial charge in [0.15, 0.2) is 0 Å². The van der Waals surface area contributed by atoms with Gasteiger partial charge in [0, 0.05) is 19.4 Å². The van der Waals surface area contributed by atoms with Gasteiger partial charge in [0.2, 0.25) is 0 Å². The second-order valence-corrected chi connectivity index (χ2v) is 4.95. The molecule has 0 aromatic carbocycles. The first-order chi connectivity index (χ1) is 6.61.